The maximum atomic E-state index is 11.9. The molecule has 2 aromatic rings. The van der Waals surface area contributed by atoms with E-state index in [0.717, 1.165) is 12.0 Å². The molecular weight excluding hydrogens is 304 g/mol. The molecule has 1 aromatic heterocycles. The first-order valence-electron chi connectivity index (χ1n) is 8.40. The van der Waals surface area contributed by atoms with Gasteiger partial charge in [0, 0.05) is 5.92 Å². The Morgan fingerprint density at radius 3 is 2.46 bits per heavy atom. The van der Waals surface area contributed by atoms with Crippen LogP contribution in [-0.2, 0) is 16.8 Å². The Labute approximate surface area is 142 Å². The minimum atomic E-state index is -0.791. The maximum absolute atomic E-state index is 11.9. The summed E-state index contributed by atoms with van der Waals surface area (Å²) in [6.07, 6.45) is 2.01. The number of carbonyl (C=O) groups is 1. The second kappa shape index (κ2) is 7.55. The quantitative estimate of drug-likeness (QED) is 0.843. The fourth-order valence-corrected chi connectivity index (χ4v) is 2.99. The van der Waals surface area contributed by atoms with E-state index in [-0.39, 0.29) is 11.5 Å². The van der Waals surface area contributed by atoms with Gasteiger partial charge in [0.2, 0.25) is 0 Å². The summed E-state index contributed by atoms with van der Waals surface area (Å²) in [5, 5.41) is 21.9. The molecule has 1 heterocycles. The number of hydrogen-bond acceptors (Lipinski definition) is 4. The second-order valence-corrected chi connectivity index (χ2v) is 7.15. The number of hydrogen-bond donors (Lipinski definition) is 1. The summed E-state index contributed by atoms with van der Waals surface area (Å²) in [6, 6.07) is 9.92. The zero-order chi connectivity index (χ0) is 17.7. The predicted molar refractivity (Wildman–Crippen MR) is 91.7 cm³/mol. The van der Waals surface area contributed by atoms with Crippen molar-refractivity contribution < 1.29 is 9.90 Å². The van der Waals surface area contributed by atoms with E-state index in [1.807, 2.05) is 58.0 Å². The highest BCUT2D eigenvalue weighted by atomic mass is 16.4. The molecule has 0 aliphatic heterocycles. The predicted octanol–water partition coefficient (Wildman–Crippen LogP) is 3.26. The Kier molecular flexibility index (Phi) is 5.70. The number of aromatic nitrogens is 4. The van der Waals surface area contributed by atoms with Crippen molar-refractivity contribution >= 4 is 5.97 Å². The van der Waals surface area contributed by atoms with Crippen LogP contribution >= 0.6 is 0 Å². The van der Waals surface area contributed by atoms with Gasteiger partial charge >= 0.3 is 5.97 Å². The van der Waals surface area contributed by atoms with Crippen molar-refractivity contribution in [1.82, 2.24) is 20.2 Å². The minimum Gasteiger partial charge on any atom is -0.481 e. The summed E-state index contributed by atoms with van der Waals surface area (Å²) in [4.78, 5) is 11.9. The smallest absolute Gasteiger partial charge is 0.307 e. The summed E-state index contributed by atoms with van der Waals surface area (Å²) >= 11 is 0. The van der Waals surface area contributed by atoms with Gasteiger partial charge in [-0.3, -0.25) is 4.79 Å². The standard InChI is InChI=1S/C18H26N4O2/c1-5-9-14(17(23)24)15(12-13-10-7-6-8-11-13)16-19-20-21-22(16)18(2,3)4/h6-8,10-11,14-15H,5,9,12H2,1-4H3,(H,23,24)/t14-,15-/m0/s1. The maximum Gasteiger partial charge on any atom is 0.307 e. The molecule has 0 amide bonds. The van der Waals surface area contributed by atoms with Crippen molar-refractivity contribution in [2.24, 2.45) is 5.92 Å². The van der Waals surface area contributed by atoms with E-state index >= 15 is 0 Å². The monoisotopic (exact) mass is 330 g/mol. The molecule has 0 aliphatic rings. The average molecular weight is 330 g/mol. The van der Waals surface area contributed by atoms with Crippen molar-refractivity contribution in [3.8, 4) is 0 Å². The van der Waals surface area contributed by atoms with E-state index in [9.17, 15) is 9.90 Å². The van der Waals surface area contributed by atoms with Crippen molar-refractivity contribution in [3.63, 3.8) is 0 Å². The number of aliphatic carboxylic acids is 1. The lowest BCUT2D eigenvalue weighted by Crippen LogP contribution is -2.32. The Morgan fingerprint density at radius 1 is 1.25 bits per heavy atom. The van der Waals surface area contributed by atoms with Gasteiger partial charge in [0.25, 0.3) is 0 Å². The van der Waals surface area contributed by atoms with Crippen molar-refractivity contribution in [2.75, 3.05) is 0 Å². The number of carboxylic acid groups (broad SMARTS) is 1. The number of tetrazole rings is 1. The van der Waals surface area contributed by atoms with Gasteiger partial charge in [0.15, 0.2) is 5.82 Å². The van der Waals surface area contributed by atoms with Crippen molar-refractivity contribution in [2.45, 2.75) is 58.4 Å². The van der Waals surface area contributed by atoms with E-state index in [0.29, 0.717) is 18.7 Å². The normalized spacial score (nSPS) is 14.3. The van der Waals surface area contributed by atoms with Crippen LogP contribution < -0.4 is 0 Å². The molecule has 6 heteroatoms. The van der Waals surface area contributed by atoms with Gasteiger partial charge in [0.05, 0.1) is 11.5 Å². The number of nitrogens with zero attached hydrogens (tertiary/aromatic N) is 4. The van der Waals surface area contributed by atoms with E-state index in [4.69, 9.17) is 0 Å². The fraction of sp³-hybridized carbons (Fsp3) is 0.556. The third kappa shape index (κ3) is 4.19. The molecule has 0 spiro atoms. The van der Waals surface area contributed by atoms with Gasteiger partial charge in [0.1, 0.15) is 0 Å². The molecule has 2 rings (SSSR count). The van der Waals surface area contributed by atoms with Gasteiger partial charge in [-0.05, 0) is 49.6 Å². The fourth-order valence-electron chi connectivity index (χ4n) is 2.99. The van der Waals surface area contributed by atoms with Crippen LogP contribution in [-0.4, -0.2) is 31.3 Å². The zero-order valence-corrected chi connectivity index (χ0v) is 14.8. The first kappa shape index (κ1) is 18.1. The van der Waals surface area contributed by atoms with E-state index in [2.05, 4.69) is 15.5 Å². The topological polar surface area (TPSA) is 80.9 Å². The highest BCUT2D eigenvalue weighted by Crippen LogP contribution is 2.32. The van der Waals surface area contributed by atoms with Gasteiger partial charge in [-0.1, -0.05) is 43.7 Å². The molecule has 0 unspecified atom stereocenters. The third-order valence-electron chi connectivity index (χ3n) is 4.16. The van der Waals surface area contributed by atoms with Gasteiger partial charge < -0.3 is 5.11 Å². The third-order valence-corrected chi connectivity index (χ3v) is 4.16. The lowest BCUT2D eigenvalue weighted by molar-refractivity contribution is -0.143. The van der Waals surface area contributed by atoms with Crippen LogP contribution in [0.5, 0.6) is 0 Å². The average Bonchev–Trinajstić information content (AvgIpc) is 3.01. The van der Waals surface area contributed by atoms with Gasteiger partial charge in [-0.2, -0.15) is 0 Å². The van der Waals surface area contributed by atoms with Crippen LogP contribution in [0.4, 0.5) is 0 Å². The van der Waals surface area contributed by atoms with E-state index < -0.39 is 11.9 Å². The van der Waals surface area contributed by atoms with Crippen LogP contribution in [0.2, 0.25) is 0 Å². The highest BCUT2D eigenvalue weighted by molar-refractivity contribution is 5.71. The van der Waals surface area contributed by atoms with Crippen LogP contribution in [0.1, 0.15) is 57.8 Å². The molecular formula is C18H26N4O2. The minimum absolute atomic E-state index is 0.265. The first-order chi connectivity index (χ1) is 11.3. The second-order valence-electron chi connectivity index (χ2n) is 7.15. The Morgan fingerprint density at radius 2 is 1.92 bits per heavy atom. The number of benzene rings is 1. The molecule has 24 heavy (non-hydrogen) atoms. The Bertz CT molecular complexity index is 661. The zero-order valence-electron chi connectivity index (χ0n) is 14.8. The Hall–Kier alpha value is -2.24. The largest absolute Gasteiger partial charge is 0.481 e. The Balaban J connectivity index is 2.46. The number of carboxylic acids is 1. The SMILES string of the molecule is CCC[C@H](C(=O)O)[C@H](Cc1ccccc1)c1nnnn1C(C)(C)C. The van der Waals surface area contributed by atoms with Crippen molar-refractivity contribution in [3.05, 3.63) is 41.7 Å². The number of rotatable bonds is 7. The van der Waals surface area contributed by atoms with Crippen molar-refractivity contribution in [1.29, 1.82) is 0 Å². The molecule has 6 nitrogen and oxygen atoms in total. The van der Waals surface area contributed by atoms with Gasteiger partial charge in [-0.15, -0.1) is 5.10 Å². The molecule has 130 valence electrons. The molecule has 0 saturated carbocycles. The van der Waals surface area contributed by atoms with Crippen LogP contribution in [0.3, 0.4) is 0 Å². The summed E-state index contributed by atoms with van der Waals surface area (Å²) in [6.45, 7) is 8.05. The molecule has 1 N–H and O–H groups in total. The van der Waals surface area contributed by atoms with Crippen LogP contribution in [0.15, 0.2) is 30.3 Å². The van der Waals surface area contributed by atoms with E-state index in [1.165, 1.54) is 0 Å². The van der Waals surface area contributed by atoms with Gasteiger partial charge in [-0.25, -0.2) is 4.68 Å². The first-order valence-corrected chi connectivity index (χ1v) is 8.40. The molecule has 0 radical (unpaired) electrons. The summed E-state index contributed by atoms with van der Waals surface area (Å²) in [5.41, 5.74) is 0.788. The molecule has 0 aliphatic carbocycles. The van der Waals surface area contributed by atoms with E-state index in [1.54, 1.807) is 4.68 Å². The lowest BCUT2D eigenvalue weighted by atomic mass is 9.83. The molecule has 1 aromatic carbocycles. The highest BCUT2D eigenvalue weighted by Gasteiger charge is 2.35. The molecule has 0 bridgehead atoms. The lowest BCUT2D eigenvalue weighted by Gasteiger charge is -2.27. The summed E-state index contributed by atoms with van der Waals surface area (Å²) in [5.74, 6) is -0.921. The van der Waals surface area contributed by atoms with Crippen LogP contribution in [0, 0.1) is 5.92 Å². The summed E-state index contributed by atoms with van der Waals surface area (Å²) in [7, 11) is 0. The molecule has 0 saturated heterocycles. The van der Waals surface area contributed by atoms with Crippen LogP contribution in [0.25, 0.3) is 0 Å². The molecule has 0 fully saturated rings. The summed E-state index contributed by atoms with van der Waals surface area (Å²) < 4.78 is 1.76. The molecule has 2 atom stereocenters.